The van der Waals surface area contributed by atoms with Crippen LogP contribution in [0.4, 0.5) is 0 Å². The predicted octanol–water partition coefficient (Wildman–Crippen LogP) is 2.34. The van der Waals surface area contributed by atoms with Crippen molar-refractivity contribution in [3.05, 3.63) is 35.9 Å². The third-order valence-corrected chi connectivity index (χ3v) is 4.15. The van der Waals surface area contributed by atoms with Gasteiger partial charge in [0.15, 0.2) is 0 Å². The van der Waals surface area contributed by atoms with Gasteiger partial charge in [-0.05, 0) is 25.8 Å². The molecule has 1 aromatic carbocycles. The molecule has 2 rings (SSSR count). The lowest BCUT2D eigenvalue weighted by atomic mass is 9.99. The molecule has 1 fully saturated rings. The maximum absolute atomic E-state index is 12.3. The Morgan fingerprint density at radius 3 is 2.62 bits per heavy atom. The van der Waals surface area contributed by atoms with E-state index in [4.69, 9.17) is 0 Å². The van der Waals surface area contributed by atoms with Crippen molar-refractivity contribution in [2.45, 2.75) is 45.7 Å². The number of carbonyl (C=O) groups excluding carboxylic acids is 2. The number of hydrogen-bond donors (Lipinski definition) is 1. The second-order valence-corrected chi connectivity index (χ2v) is 6.39. The van der Waals surface area contributed by atoms with Gasteiger partial charge in [-0.1, -0.05) is 37.3 Å². The van der Waals surface area contributed by atoms with Gasteiger partial charge in [0.25, 0.3) is 0 Å². The van der Waals surface area contributed by atoms with E-state index in [1.807, 2.05) is 51.1 Å². The third-order valence-electron chi connectivity index (χ3n) is 4.15. The Balaban J connectivity index is 1.95. The highest BCUT2D eigenvalue weighted by molar-refractivity contribution is 5.89. The summed E-state index contributed by atoms with van der Waals surface area (Å²) in [6.07, 6.45) is 1.19. The van der Waals surface area contributed by atoms with E-state index < -0.39 is 0 Å². The smallest absolute Gasteiger partial charge is 0.225 e. The van der Waals surface area contributed by atoms with Crippen molar-refractivity contribution in [3.63, 3.8) is 0 Å². The fourth-order valence-corrected chi connectivity index (χ4v) is 2.43. The molecule has 0 saturated carbocycles. The van der Waals surface area contributed by atoms with Crippen molar-refractivity contribution in [1.29, 1.82) is 0 Å². The average Bonchev–Trinajstić information content (AvgIpc) is 2.81. The minimum absolute atomic E-state index is 0.00855. The number of hydrogen-bond acceptors (Lipinski definition) is 2. The average molecular weight is 288 g/mol. The van der Waals surface area contributed by atoms with Crippen LogP contribution in [0, 0.1) is 5.92 Å². The van der Waals surface area contributed by atoms with Gasteiger partial charge >= 0.3 is 0 Å². The van der Waals surface area contributed by atoms with E-state index >= 15 is 0 Å². The number of likely N-dealkylation sites (tertiary alicyclic amines) is 1. The summed E-state index contributed by atoms with van der Waals surface area (Å²) in [5.74, 6) is -0.175. The van der Waals surface area contributed by atoms with Crippen LogP contribution in [0.2, 0.25) is 0 Å². The fourth-order valence-electron chi connectivity index (χ4n) is 2.43. The molecule has 1 atom stereocenters. The molecule has 1 aliphatic rings. The largest absolute Gasteiger partial charge is 0.351 e. The minimum atomic E-state index is -0.230. The van der Waals surface area contributed by atoms with Crippen LogP contribution in [0.15, 0.2) is 30.3 Å². The molecule has 114 valence electrons. The topological polar surface area (TPSA) is 49.4 Å². The highest BCUT2D eigenvalue weighted by Gasteiger charge is 2.35. The van der Waals surface area contributed by atoms with E-state index in [-0.39, 0.29) is 23.3 Å². The van der Waals surface area contributed by atoms with Gasteiger partial charge in [0.1, 0.15) is 0 Å². The van der Waals surface area contributed by atoms with Crippen LogP contribution >= 0.6 is 0 Å². The molecule has 1 aliphatic heterocycles. The van der Waals surface area contributed by atoms with Crippen molar-refractivity contribution < 1.29 is 9.59 Å². The second-order valence-electron chi connectivity index (χ2n) is 6.39. The summed E-state index contributed by atoms with van der Waals surface area (Å²) in [4.78, 5) is 26.1. The molecule has 1 aromatic rings. The van der Waals surface area contributed by atoms with Gasteiger partial charge in [-0.3, -0.25) is 9.59 Å². The molecule has 4 heteroatoms. The van der Waals surface area contributed by atoms with Crippen LogP contribution in [0.5, 0.6) is 0 Å². The Labute approximate surface area is 126 Å². The zero-order valence-electron chi connectivity index (χ0n) is 13.1. The normalized spacial score (nSPS) is 18.9. The maximum atomic E-state index is 12.3. The van der Waals surface area contributed by atoms with Gasteiger partial charge in [0, 0.05) is 25.0 Å². The van der Waals surface area contributed by atoms with Crippen LogP contribution in [-0.4, -0.2) is 28.8 Å². The SMILES string of the molecule is CCC(C)(C)NC(=O)[C@H]1CC(=O)N(Cc2ccccc2)C1. The molecule has 4 nitrogen and oxygen atoms in total. The van der Waals surface area contributed by atoms with Crippen LogP contribution in [0.3, 0.4) is 0 Å². The molecule has 1 N–H and O–H groups in total. The van der Waals surface area contributed by atoms with Crippen LogP contribution in [0.1, 0.15) is 39.2 Å². The highest BCUT2D eigenvalue weighted by atomic mass is 16.2. The van der Waals surface area contributed by atoms with Crippen molar-refractivity contribution in [3.8, 4) is 0 Å². The number of rotatable bonds is 5. The molecule has 0 aromatic heterocycles. The second kappa shape index (κ2) is 6.29. The first-order valence-corrected chi connectivity index (χ1v) is 7.55. The molecular weight excluding hydrogens is 264 g/mol. The first-order valence-electron chi connectivity index (χ1n) is 7.55. The number of benzene rings is 1. The first kappa shape index (κ1) is 15.5. The Bertz CT molecular complexity index is 511. The van der Waals surface area contributed by atoms with E-state index in [0.29, 0.717) is 19.5 Å². The van der Waals surface area contributed by atoms with Gasteiger partial charge in [-0.15, -0.1) is 0 Å². The molecule has 0 unspecified atom stereocenters. The molecule has 1 heterocycles. The lowest BCUT2D eigenvalue weighted by Crippen LogP contribution is -2.46. The van der Waals surface area contributed by atoms with Crippen LogP contribution in [-0.2, 0) is 16.1 Å². The Morgan fingerprint density at radius 1 is 1.33 bits per heavy atom. The van der Waals surface area contributed by atoms with Gasteiger partial charge in [0.2, 0.25) is 11.8 Å². The standard InChI is InChI=1S/C17H24N2O2/c1-4-17(2,3)18-16(21)14-10-15(20)19(12-14)11-13-8-6-5-7-9-13/h5-9,14H,4,10-12H2,1-3H3,(H,18,21)/t14-/m0/s1. The first-order chi connectivity index (χ1) is 9.91. The lowest BCUT2D eigenvalue weighted by Gasteiger charge is -2.26. The molecule has 0 radical (unpaired) electrons. The van der Waals surface area contributed by atoms with E-state index in [0.717, 1.165) is 12.0 Å². The summed E-state index contributed by atoms with van der Waals surface area (Å²) >= 11 is 0. The van der Waals surface area contributed by atoms with E-state index in [1.165, 1.54) is 0 Å². The van der Waals surface area contributed by atoms with Gasteiger partial charge < -0.3 is 10.2 Å². The maximum Gasteiger partial charge on any atom is 0.225 e. The third kappa shape index (κ3) is 4.06. The quantitative estimate of drug-likeness (QED) is 0.904. The van der Waals surface area contributed by atoms with Crippen LogP contribution < -0.4 is 5.32 Å². The summed E-state index contributed by atoms with van der Waals surface area (Å²) in [6, 6.07) is 9.88. The number of carbonyl (C=O) groups is 2. The van der Waals surface area contributed by atoms with Gasteiger partial charge in [-0.2, -0.15) is 0 Å². The molecule has 0 spiro atoms. The summed E-state index contributed by atoms with van der Waals surface area (Å²) in [6.45, 7) is 7.15. The summed E-state index contributed by atoms with van der Waals surface area (Å²) in [7, 11) is 0. The number of nitrogens with zero attached hydrogens (tertiary/aromatic N) is 1. The zero-order valence-corrected chi connectivity index (χ0v) is 13.1. The minimum Gasteiger partial charge on any atom is -0.351 e. The van der Waals surface area contributed by atoms with Gasteiger partial charge in [0.05, 0.1) is 5.92 Å². The number of amides is 2. The van der Waals surface area contributed by atoms with E-state index in [1.54, 1.807) is 4.90 Å². The number of nitrogens with one attached hydrogen (secondary N) is 1. The van der Waals surface area contributed by atoms with Crippen LogP contribution in [0.25, 0.3) is 0 Å². The van der Waals surface area contributed by atoms with Crippen molar-refractivity contribution in [2.75, 3.05) is 6.54 Å². The van der Waals surface area contributed by atoms with Crippen molar-refractivity contribution in [2.24, 2.45) is 5.92 Å². The highest BCUT2D eigenvalue weighted by Crippen LogP contribution is 2.21. The van der Waals surface area contributed by atoms with Crippen molar-refractivity contribution >= 4 is 11.8 Å². The molecule has 0 aliphatic carbocycles. The van der Waals surface area contributed by atoms with E-state index in [2.05, 4.69) is 5.32 Å². The summed E-state index contributed by atoms with van der Waals surface area (Å²) in [5.41, 5.74) is 0.883. The van der Waals surface area contributed by atoms with Crippen molar-refractivity contribution in [1.82, 2.24) is 10.2 Å². The Kier molecular flexibility index (Phi) is 4.66. The predicted molar refractivity (Wildman–Crippen MR) is 82.5 cm³/mol. The fraction of sp³-hybridized carbons (Fsp3) is 0.529. The summed E-state index contributed by atoms with van der Waals surface area (Å²) in [5, 5.41) is 3.04. The zero-order chi connectivity index (χ0) is 15.5. The molecule has 21 heavy (non-hydrogen) atoms. The lowest BCUT2D eigenvalue weighted by molar-refractivity contribution is -0.129. The van der Waals surface area contributed by atoms with E-state index in [9.17, 15) is 9.59 Å². The summed E-state index contributed by atoms with van der Waals surface area (Å²) < 4.78 is 0. The Morgan fingerprint density at radius 2 is 2.00 bits per heavy atom. The molecule has 1 saturated heterocycles. The molecule has 2 amide bonds. The Hall–Kier alpha value is -1.84. The molecular formula is C17H24N2O2. The van der Waals surface area contributed by atoms with Gasteiger partial charge in [-0.25, -0.2) is 0 Å². The molecule has 0 bridgehead atoms. The monoisotopic (exact) mass is 288 g/mol.